The highest BCUT2D eigenvalue weighted by Crippen LogP contribution is 2.19. The van der Waals surface area contributed by atoms with Crippen molar-refractivity contribution >= 4 is 5.91 Å². The first-order chi connectivity index (χ1) is 7.65. The molecule has 0 aromatic carbocycles. The number of nitriles is 1. The maximum absolute atomic E-state index is 11.4. The van der Waals surface area contributed by atoms with Crippen LogP contribution in [0.25, 0.3) is 0 Å². The number of nitrogens with zero attached hydrogens (tertiary/aromatic N) is 2. The van der Waals surface area contributed by atoms with Gasteiger partial charge in [0.1, 0.15) is 6.42 Å². The van der Waals surface area contributed by atoms with Gasteiger partial charge in [0, 0.05) is 13.1 Å². The number of carbonyl (C=O) groups is 1. The van der Waals surface area contributed by atoms with Crippen LogP contribution in [0.1, 0.15) is 47.0 Å². The van der Waals surface area contributed by atoms with Gasteiger partial charge in [-0.25, -0.2) is 0 Å². The summed E-state index contributed by atoms with van der Waals surface area (Å²) in [4.78, 5) is 13.2. The molecule has 16 heavy (non-hydrogen) atoms. The summed E-state index contributed by atoms with van der Waals surface area (Å²) in [6.45, 7) is 9.68. The molecule has 1 amide bonds. The second kappa shape index (κ2) is 7.92. The number of likely N-dealkylation sites (tertiary alicyclic amines) is 1. The molecule has 0 atom stereocenters. The predicted octanol–water partition coefficient (Wildman–Crippen LogP) is 2.89. The summed E-state index contributed by atoms with van der Waals surface area (Å²) in [5.41, 5.74) is 2.65. The SMILES string of the molecule is CC.CC(C)=C1CCCN(C(=O)CC#N)C1. The van der Waals surface area contributed by atoms with Crippen LogP contribution in [0, 0.1) is 11.3 Å². The summed E-state index contributed by atoms with van der Waals surface area (Å²) in [5, 5.41) is 8.43. The summed E-state index contributed by atoms with van der Waals surface area (Å²) in [6, 6.07) is 1.90. The Morgan fingerprint density at radius 3 is 2.56 bits per heavy atom. The molecule has 0 saturated carbocycles. The second-order valence-corrected chi connectivity index (χ2v) is 3.86. The molecule has 1 rings (SSSR count). The molecule has 0 unspecified atom stereocenters. The molecule has 1 aliphatic rings. The van der Waals surface area contributed by atoms with Gasteiger partial charge < -0.3 is 4.90 Å². The van der Waals surface area contributed by atoms with E-state index in [1.807, 2.05) is 19.9 Å². The Labute approximate surface area is 98.7 Å². The number of amides is 1. The highest BCUT2D eigenvalue weighted by atomic mass is 16.2. The Kier molecular flexibility index (Phi) is 7.28. The van der Waals surface area contributed by atoms with E-state index in [0.717, 1.165) is 25.9 Å². The lowest BCUT2D eigenvalue weighted by atomic mass is 10.0. The largest absolute Gasteiger partial charge is 0.338 e. The Hall–Kier alpha value is -1.30. The van der Waals surface area contributed by atoms with Crippen molar-refractivity contribution in [1.82, 2.24) is 4.90 Å². The minimum absolute atomic E-state index is 0.00996. The molecular weight excluding hydrogens is 200 g/mol. The first kappa shape index (κ1) is 14.7. The van der Waals surface area contributed by atoms with Gasteiger partial charge in [0.2, 0.25) is 5.91 Å². The van der Waals surface area contributed by atoms with Crippen LogP contribution in [-0.2, 0) is 4.79 Å². The van der Waals surface area contributed by atoms with Gasteiger partial charge in [-0.05, 0) is 26.7 Å². The van der Waals surface area contributed by atoms with E-state index in [0.29, 0.717) is 0 Å². The maximum Gasteiger partial charge on any atom is 0.237 e. The van der Waals surface area contributed by atoms with Crippen molar-refractivity contribution in [1.29, 1.82) is 5.26 Å². The van der Waals surface area contributed by atoms with Gasteiger partial charge in [-0.1, -0.05) is 25.0 Å². The molecule has 0 spiro atoms. The maximum atomic E-state index is 11.4. The number of allylic oxidation sites excluding steroid dienone is 1. The van der Waals surface area contributed by atoms with Gasteiger partial charge >= 0.3 is 0 Å². The van der Waals surface area contributed by atoms with E-state index >= 15 is 0 Å². The summed E-state index contributed by atoms with van der Waals surface area (Å²) in [5.74, 6) is -0.0362. The quantitative estimate of drug-likeness (QED) is 0.640. The molecular formula is C13H22N2O. The normalized spacial score (nSPS) is 14.7. The Bertz CT molecular complexity index is 296. The highest BCUT2D eigenvalue weighted by Gasteiger charge is 2.19. The third-order valence-electron chi connectivity index (χ3n) is 2.58. The van der Waals surface area contributed by atoms with Gasteiger partial charge in [0.25, 0.3) is 0 Å². The number of rotatable bonds is 1. The average Bonchev–Trinajstić information content (AvgIpc) is 2.32. The monoisotopic (exact) mass is 222 g/mol. The van der Waals surface area contributed by atoms with Crippen molar-refractivity contribution < 1.29 is 4.79 Å². The minimum atomic E-state index is -0.0362. The molecule has 3 nitrogen and oxygen atoms in total. The zero-order valence-electron chi connectivity index (χ0n) is 10.8. The third kappa shape index (κ3) is 4.48. The molecule has 1 fully saturated rings. The van der Waals surface area contributed by atoms with Crippen LogP contribution >= 0.6 is 0 Å². The van der Waals surface area contributed by atoms with E-state index in [9.17, 15) is 4.79 Å². The van der Waals surface area contributed by atoms with Gasteiger partial charge in [-0.2, -0.15) is 5.26 Å². The number of hydrogen-bond donors (Lipinski definition) is 0. The standard InChI is InChI=1S/C11H16N2O.C2H6/c1-9(2)10-4-3-7-13(8-10)11(14)5-6-12;1-2/h3-5,7-8H2,1-2H3;1-2H3. The topological polar surface area (TPSA) is 44.1 Å². The average molecular weight is 222 g/mol. The lowest BCUT2D eigenvalue weighted by molar-refractivity contribution is -0.130. The predicted molar refractivity (Wildman–Crippen MR) is 65.8 cm³/mol. The lowest BCUT2D eigenvalue weighted by Gasteiger charge is -2.29. The molecule has 0 N–H and O–H groups in total. The summed E-state index contributed by atoms with van der Waals surface area (Å²) in [7, 11) is 0. The van der Waals surface area contributed by atoms with Crippen LogP contribution in [0.2, 0.25) is 0 Å². The summed E-state index contributed by atoms with van der Waals surface area (Å²) >= 11 is 0. The lowest BCUT2D eigenvalue weighted by Crippen LogP contribution is -2.36. The molecule has 0 aliphatic carbocycles. The van der Waals surface area contributed by atoms with Crippen LogP contribution in [0.3, 0.4) is 0 Å². The zero-order chi connectivity index (χ0) is 12.6. The van der Waals surface area contributed by atoms with E-state index in [4.69, 9.17) is 5.26 Å². The molecule has 1 aliphatic heterocycles. The van der Waals surface area contributed by atoms with Crippen LogP contribution in [0.4, 0.5) is 0 Å². The molecule has 0 aromatic heterocycles. The van der Waals surface area contributed by atoms with Crippen molar-refractivity contribution in [3.8, 4) is 6.07 Å². The van der Waals surface area contributed by atoms with Gasteiger partial charge in [-0.15, -0.1) is 0 Å². The minimum Gasteiger partial charge on any atom is -0.338 e. The molecule has 3 heteroatoms. The third-order valence-corrected chi connectivity index (χ3v) is 2.58. The first-order valence-electron chi connectivity index (χ1n) is 5.95. The molecule has 1 heterocycles. The summed E-state index contributed by atoms with van der Waals surface area (Å²) in [6.07, 6.45) is 2.13. The molecule has 0 radical (unpaired) electrons. The number of carbonyl (C=O) groups excluding carboxylic acids is 1. The van der Waals surface area contributed by atoms with Crippen molar-refractivity contribution in [3.63, 3.8) is 0 Å². The zero-order valence-corrected chi connectivity index (χ0v) is 10.8. The van der Waals surface area contributed by atoms with Crippen molar-refractivity contribution in [3.05, 3.63) is 11.1 Å². The first-order valence-corrected chi connectivity index (χ1v) is 5.95. The van der Waals surface area contributed by atoms with Crippen LogP contribution in [0.15, 0.2) is 11.1 Å². The van der Waals surface area contributed by atoms with E-state index in [-0.39, 0.29) is 12.3 Å². The van der Waals surface area contributed by atoms with Crippen molar-refractivity contribution in [2.75, 3.05) is 13.1 Å². The van der Waals surface area contributed by atoms with Crippen molar-refractivity contribution in [2.24, 2.45) is 0 Å². The Morgan fingerprint density at radius 2 is 2.06 bits per heavy atom. The van der Waals surface area contributed by atoms with Crippen LogP contribution in [-0.4, -0.2) is 23.9 Å². The van der Waals surface area contributed by atoms with Gasteiger partial charge in [-0.3, -0.25) is 4.79 Å². The van der Waals surface area contributed by atoms with Crippen LogP contribution in [0.5, 0.6) is 0 Å². The highest BCUT2D eigenvalue weighted by molar-refractivity contribution is 5.78. The summed E-state index contributed by atoms with van der Waals surface area (Å²) < 4.78 is 0. The van der Waals surface area contributed by atoms with E-state index in [2.05, 4.69) is 13.8 Å². The molecule has 90 valence electrons. The molecule has 0 aromatic rings. The number of piperidine rings is 1. The van der Waals surface area contributed by atoms with E-state index < -0.39 is 0 Å². The van der Waals surface area contributed by atoms with Crippen molar-refractivity contribution in [2.45, 2.75) is 47.0 Å². The van der Waals surface area contributed by atoms with E-state index in [1.165, 1.54) is 11.1 Å². The van der Waals surface area contributed by atoms with Crippen LogP contribution < -0.4 is 0 Å². The van der Waals surface area contributed by atoms with Gasteiger partial charge in [0.15, 0.2) is 0 Å². The van der Waals surface area contributed by atoms with E-state index in [1.54, 1.807) is 4.90 Å². The fourth-order valence-electron chi connectivity index (χ4n) is 1.67. The second-order valence-electron chi connectivity index (χ2n) is 3.86. The smallest absolute Gasteiger partial charge is 0.237 e. The number of hydrogen-bond acceptors (Lipinski definition) is 2. The molecule has 1 saturated heterocycles. The Morgan fingerprint density at radius 1 is 1.44 bits per heavy atom. The fraction of sp³-hybridized carbons (Fsp3) is 0.692. The Balaban J connectivity index is 0.00000106. The molecule has 0 bridgehead atoms. The van der Waals surface area contributed by atoms with Gasteiger partial charge in [0.05, 0.1) is 6.07 Å². The fourth-order valence-corrected chi connectivity index (χ4v) is 1.67.